The summed E-state index contributed by atoms with van der Waals surface area (Å²) < 4.78 is 9.78. The number of aromatic nitrogens is 1. The van der Waals surface area contributed by atoms with Crippen LogP contribution in [-0.2, 0) is 4.74 Å². The molecular weight excluding hydrogens is 270 g/mol. The fourth-order valence-electron chi connectivity index (χ4n) is 1.85. The minimum absolute atomic E-state index is 0.357. The van der Waals surface area contributed by atoms with Gasteiger partial charge in [-0.3, -0.25) is 0 Å². The molecule has 0 fully saturated rings. The molecule has 0 aliphatic rings. The predicted octanol–water partition coefficient (Wildman–Crippen LogP) is 2.51. The van der Waals surface area contributed by atoms with Crippen LogP contribution in [0.1, 0.15) is 16.1 Å². The van der Waals surface area contributed by atoms with Gasteiger partial charge in [0.25, 0.3) is 0 Å². The van der Waals surface area contributed by atoms with E-state index in [1.165, 1.54) is 7.11 Å². The van der Waals surface area contributed by atoms with Crippen molar-refractivity contribution in [1.29, 1.82) is 0 Å². The van der Waals surface area contributed by atoms with Gasteiger partial charge in [-0.25, -0.2) is 9.78 Å². The number of hydrogen-bond acceptors (Lipinski definition) is 6. The maximum Gasteiger partial charge on any atom is 0.339 e. The van der Waals surface area contributed by atoms with Gasteiger partial charge in [-0.2, -0.15) is 0 Å². The Morgan fingerprint density at radius 1 is 1.24 bits per heavy atom. The summed E-state index contributed by atoms with van der Waals surface area (Å²) in [7, 11) is 2.93. The smallest absolute Gasteiger partial charge is 0.339 e. The number of pyridine rings is 1. The molecule has 3 N–H and O–H groups in total. The molecule has 0 saturated carbocycles. The molecule has 0 amide bonds. The molecule has 1 aromatic heterocycles. The van der Waals surface area contributed by atoms with Gasteiger partial charge < -0.3 is 20.5 Å². The Hall–Kier alpha value is -2.76. The van der Waals surface area contributed by atoms with Crippen molar-refractivity contribution in [3.63, 3.8) is 0 Å². The highest BCUT2D eigenvalue weighted by Crippen LogP contribution is 2.25. The van der Waals surface area contributed by atoms with E-state index >= 15 is 0 Å². The van der Waals surface area contributed by atoms with E-state index in [1.807, 2.05) is 24.3 Å². The molecule has 0 unspecified atom stereocenters. The Bertz CT molecular complexity index is 654. The van der Waals surface area contributed by atoms with Crippen molar-refractivity contribution in [3.05, 3.63) is 41.6 Å². The SMILES string of the molecule is COC(=O)c1cc(N)c(Nc2ccc(OC)cc2)nc1C. The standard InChI is InChI=1S/C15H17N3O3/c1-9-12(15(19)21-3)8-13(16)14(17-9)18-10-4-6-11(20-2)7-5-10/h4-8H,16H2,1-3H3,(H,17,18). The second-order valence-electron chi connectivity index (χ2n) is 4.40. The molecule has 0 bridgehead atoms. The maximum absolute atomic E-state index is 11.6. The van der Waals surface area contributed by atoms with Gasteiger partial charge in [0.15, 0.2) is 5.82 Å². The van der Waals surface area contributed by atoms with Gasteiger partial charge in [-0.15, -0.1) is 0 Å². The molecule has 1 aromatic carbocycles. The van der Waals surface area contributed by atoms with E-state index in [2.05, 4.69) is 15.0 Å². The summed E-state index contributed by atoms with van der Waals surface area (Å²) in [4.78, 5) is 15.9. The molecule has 6 heteroatoms. The van der Waals surface area contributed by atoms with Gasteiger partial charge >= 0.3 is 5.97 Å². The molecule has 0 saturated heterocycles. The van der Waals surface area contributed by atoms with Crippen molar-refractivity contribution in [2.24, 2.45) is 0 Å². The van der Waals surface area contributed by atoms with E-state index in [-0.39, 0.29) is 0 Å². The van der Waals surface area contributed by atoms with E-state index in [0.29, 0.717) is 22.8 Å². The lowest BCUT2D eigenvalue weighted by atomic mass is 10.2. The normalized spacial score (nSPS) is 10.0. The van der Waals surface area contributed by atoms with Crippen molar-refractivity contribution >= 4 is 23.2 Å². The van der Waals surface area contributed by atoms with Crippen molar-refractivity contribution < 1.29 is 14.3 Å². The minimum atomic E-state index is -0.456. The number of nitrogens with two attached hydrogens (primary N) is 1. The summed E-state index contributed by atoms with van der Waals surface area (Å²) in [6.07, 6.45) is 0. The average Bonchev–Trinajstić information content (AvgIpc) is 2.50. The van der Waals surface area contributed by atoms with Crippen LogP contribution in [0.15, 0.2) is 30.3 Å². The first-order chi connectivity index (χ1) is 10.0. The topological polar surface area (TPSA) is 86.5 Å². The number of aryl methyl sites for hydroxylation is 1. The molecule has 0 aliphatic heterocycles. The number of carbonyl (C=O) groups excluding carboxylic acids is 1. The van der Waals surface area contributed by atoms with Crippen LogP contribution in [-0.4, -0.2) is 25.2 Å². The quantitative estimate of drug-likeness (QED) is 0.840. The minimum Gasteiger partial charge on any atom is -0.497 e. The van der Waals surface area contributed by atoms with Crippen LogP contribution in [0.3, 0.4) is 0 Å². The van der Waals surface area contributed by atoms with Crippen LogP contribution in [0.25, 0.3) is 0 Å². The van der Waals surface area contributed by atoms with Crippen LogP contribution < -0.4 is 15.8 Å². The fraction of sp³-hybridized carbons (Fsp3) is 0.200. The zero-order valence-electron chi connectivity index (χ0n) is 12.1. The van der Waals surface area contributed by atoms with Crippen LogP contribution in [0, 0.1) is 6.92 Å². The number of carbonyl (C=O) groups is 1. The van der Waals surface area contributed by atoms with Crippen LogP contribution in [0.4, 0.5) is 17.2 Å². The Labute approximate surface area is 122 Å². The van der Waals surface area contributed by atoms with Crippen molar-refractivity contribution in [3.8, 4) is 5.75 Å². The molecule has 1 heterocycles. The predicted molar refractivity (Wildman–Crippen MR) is 81.0 cm³/mol. The highest BCUT2D eigenvalue weighted by molar-refractivity contribution is 5.92. The van der Waals surface area contributed by atoms with Gasteiger partial charge in [0.2, 0.25) is 0 Å². The van der Waals surface area contributed by atoms with Gasteiger partial charge in [-0.05, 0) is 37.3 Å². The van der Waals surface area contributed by atoms with E-state index in [4.69, 9.17) is 10.5 Å². The van der Waals surface area contributed by atoms with E-state index in [0.717, 1.165) is 11.4 Å². The second-order valence-corrected chi connectivity index (χ2v) is 4.40. The summed E-state index contributed by atoms with van der Waals surface area (Å²) in [6, 6.07) is 8.91. The first kappa shape index (κ1) is 14.6. The number of nitrogen functional groups attached to an aromatic ring is 1. The monoisotopic (exact) mass is 287 g/mol. The van der Waals surface area contributed by atoms with Crippen LogP contribution in [0.5, 0.6) is 5.75 Å². The van der Waals surface area contributed by atoms with Gasteiger partial charge in [0, 0.05) is 5.69 Å². The Morgan fingerprint density at radius 3 is 2.48 bits per heavy atom. The van der Waals surface area contributed by atoms with Crippen molar-refractivity contribution in [2.45, 2.75) is 6.92 Å². The number of ether oxygens (including phenoxy) is 2. The van der Waals surface area contributed by atoms with Gasteiger partial charge in [0.1, 0.15) is 5.75 Å². The molecule has 0 radical (unpaired) electrons. The third-order valence-corrected chi connectivity index (χ3v) is 3.00. The Morgan fingerprint density at radius 2 is 1.90 bits per heavy atom. The lowest BCUT2D eigenvalue weighted by molar-refractivity contribution is 0.0599. The third-order valence-electron chi connectivity index (χ3n) is 3.00. The van der Waals surface area contributed by atoms with E-state index in [9.17, 15) is 4.79 Å². The molecule has 21 heavy (non-hydrogen) atoms. The summed E-state index contributed by atoms with van der Waals surface area (Å²) in [5, 5.41) is 3.10. The molecule has 0 atom stereocenters. The number of esters is 1. The molecule has 6 nitrogen and oxygen atoms in total. The zero-order valence-corrected chi connectivity index (χ0v) is 12.1. The average molecular weight is 287 g/mol. The number of nitrogens with zero attached hydrogens (tertiary/aromatic N) is 1. The number of methoxy groups -OCH3 is 2. The maximum atomic E-state index is 11.6. The lowest BCUT2D eigenvalue weighted by Gasteiger charge is -2.12. The molecule has 2 aromatic rings. The fourth-order valence-corrected chi connectivity index (χ4v) is 1.85. The Kier molecular flexibility index (Phi) is 4.27. The second kappa shape index (κ2) is 6.13. The highest BCUT2D eigenvalue weighted by atomic mass is 16.5. The van der Waals surface area contributed by atoms with Crippen molar-refractivity contribution in [1.82, 2.24) is 4.98 Å². The zero-order chi connectivity index (χ0) is 15.4. The van der Waals surface area contributed by atoms with Crippen LogP contribution in [0.2, 0.25) is 0 Å². The van der Waals surface area contributed by atoms with E-state index in [1.54, 1.807) is 20.1 Å². The van der Waals surface area contributed by atoms with Gasteiger partial charge in [0.05, 0.1) is 31.2 Å². The first-order valence-electron chi connectivity index (χ1n) is 6.31. The van der Waals surface area contributed by atoms with Crippen LogP contribution >= 0.6 is 0 Å². The summed E-state index contributed by atoms with van der Waals surface area (Å²) in [6.45, 7) is 1.73. The third kappa shape index (κ3) is 3.22. The number of anilines is 3. The molecule has 0 aliphatic carbocycles. The Balaban J connectivity index is 2.27. The summed E-state index contributed by atoms with van der Waals surface area (Å²) in [5.74, 6) is 0.798. The molecule has 2 rings (SSSR count). The number of benzene rings is 1. The van der Waals surface area contributed by atoms with Crippen molar-refractivity contribution in [2.75, 3.05) is 25.3 Å². The lowest BCUT2D eigenvalue weighted by Crippen LogP contribution is -2.09. The molecule has 0 spiro atoms. The largest absolute Gasteiger partial charge is 0.497 e. The van der Waals surface area contributed by atoms with E-state index < -0.39 is 5.97 Å². The first-order valence-corrected chi connectivity index (χ1v) is 6.31. The summed E-state index contributed by atoms with van der Waals surface area (Å²) in [5.41, 5.74) is 8.03. The number of rotatable bonds is 4. The number of hydrogen-bond donors (Lipinski definition) is 2. The summed E-state index contributed by atoms with van der Waals surface area (Å²) >= 11 is 0. The number of nitrogens with one attached hydrogen (secondary N) is 1. The molecule has 110 valence electrons. The highest BCUT2D eigenvalue weighted by Gasteiger charge is 2.14. The molecular formula is C15H17N3O3. The van der Waals surface area contributed by atoms with Gasteiger partial charge in [-0.1, -0.05) is 0 Å².